The Morgan fingerprint density at radius 2 is 2.50 bits per heavy atom. The lowest BCUT2D eigenvalue weighted by atomic mass is 10.3. The predicted molar refractivity (Wildman–Crippen MR) is 46.2 cm³/mol. The molecule has 3 nitrogen and oxygen atoms in total. The van der Waals surface area contributed by atoms with E-state index in [1.54, 1.807) is 6.20 Å². The SMILES string of the molecule is CC(C#N)NCc1ccccn1. The first kappa shape index (κ1) is 8.69. The molecule has 0 aromatic carbocycles. The number of aromatic nitrogens is 1. The van der Waals surface area contributed by atoms with E-state index in [0.717, 1.165) is 5.69 Å². The zero-order valence-electron chi connectivity index (χ0n) is 6.99. The third-order valence-electron chi connectivity index (χ3n) is 1.51. The van der Waals surface area contributed by atoms with Crippen molar-refractivity contribution < 1.29 is 0 Å². The zero-order chi connectivity index (χ0) is 8.81. The van der Waals surface area contributed by atoms with Gasteiger partial charge in [0.05, 0.1) is 17.8 Å². The van der Waals surface area contributed by atoms with Crippen LogP contribution in [0.5, 0.6) is 0 Å². The maximum absolute atomic E-state index is 8.48. The van der Waals surface area contributed by atoms with Crippen LogP contribution in [-0.4, -0.2) is 11.0 Å². The van der Waals surface area contributed by atoms with Crippen LogP contribution in [0.3, 0.4) is 0 Å². The smallest absolute Gasteiger partial charge is 0.0927 e. The van der Waals surface area contributed by atoms with E-state index in [4.69, 9.17) is 5.26 Å². The van der Waals surface area contributed by atoms with Gasteiger partial charge in [0.25, 0.3) is 0 Å². The number of rotatable bonds is 3. The van der Waals surface area contributed by atoms with Crippen molar-refractivity contribution in [2.75, 3.05) is 0 Å². The van der Waals surface area contributed by atoms with Crippen molar-refractivity contribution in [2.24, 2.45) is 0 Å². The van der Waals surface area contributed by atoms with E-state index in [-0.39, 0.29) is 6.04 Å². The minimum Gasteiger partial charge on any atom is -0.296 e. The summed E-state index contributed by atoms with van der Waals surface area (Å²) < 4.78 is 0. The van der Waals surface area contributed by atoms with Crippen molar-refractivity contribution in [3.05, 3.63) is 30.1 Å². The van der Waals surface area contributed by atoms with Gasteiger partial charge in [0.2, 0.25) is 0 Å². The van der Waals surface area contributed by atoms with Crippen LogP contribution in [0.1, 0.15) is 12.6 Å². The molecular formula is C9H11N3. The summed E-state index contributed by atoms with van der Waals surface area (Å²) in [5.74, 6) is 0. The van der Waals surface area contributed by atoms with Gasteiger partial charge in [0.1, 0.15) is 0 Å². The standard InChI is InChI=1S/C9H11N3/c1-8(6-10)12-7-9-4-2-3-5-11-9/h2-5,8,12H,7H2,1H3. The molecule has 1 aromatic rings. The Balaban J connectivity index is 2.40. The maximum Gasteiger partial charge on any atom is 0.0927 e. The number of hydrogen-bond donors (Lipinski definition) is 1. The van der Waals surface area contributed by atoms with Gasteiger partial charge >= 0.3 is 0 Å². The molecule has 0 fully saturated rings. The van der Waals surface area contributed by atoms with E-state index in [1.165, 1.54) is 0 Å². The van der Waals surface area contributed by atoms with Gasteiger partial charge in [0.15, 0.2) is 0 Å². The number of nitrogens with one attached hydrogen (secondary N) is 1. The fourth-order valence-corrected chi connectivity index (χ4v) is 0.806. The summed E-state index contributed by atoms with van der Waals surface area (Å²) in [6, 6.07) is 7.71. The molecular weight excluding hydrogens is 150 g/mol. The molecule has 12 heavy (non-hydrogen) atoms. The number of hydrogen-bond acceptors (Lipinski definition) is 3. The van der Waals surface area contributed by atoms with Gasteiger partial charge in [-0.15, -0.1) is 0 Å². The second kappa shape index (κ2) is 4.47. The molecule has 0 spiro atoms. The molecule has 1 rings (SSSR count). The summed E-state index contributed by atoms with van der Waals surface area (Å²) in [5, 5.41) is 11.5. The molecule has 0 radical (unpaired) electrons. The Hall–Kier alpha value is -1.40. The third kappa shape index (κ3) is 2.69. The Bertz CT molecular complexity index is 263. The highest BCUT2D eigenvalue weighted by molar-refractivity contribution is 5.03. The highest BCUT2D eigenvalue weighted by Gasteiger charge is 1.97. The fraction of sp³-hybridized carbons (Fsp3) is 0.333. The lowest BCUT2D eigenvalue weighted by Gasteiger charge is -2.04. The maximum atomic E-state index is 8.48. The van der Waals surface area contributed by atoms with Crippen LogP contribution in [0.25, 0.3) is 0 Å². The second-order valence-electron chi connectivity index (χ2n) is 2.55. The van der Waals surface area contributed by atoms with Gasteiger partial charge in [-0.2, -0.15) is 5.26 Å². The summed E-state index contributed by atoms with van der Waals surface area (Å²) in [6.07, 6.45) is 1.74. The van der Waals surface area contributed by atoms with Crippen LogP contribution in [0.15, 0.2) is 24.4 Å². The number of nitriles is 1. The minimum atomic E-state index is -0.119. The predicted octanol–water partition coefficient (Wildman–Crippen LogP) is 1.08. The molecule has 1 unspecified atom stereocenters. The minimum absolute atomic E-state index is 0.119. The van der Waals surface area contributed by atoms with Crippen LogP contribution >= 0.6 is 0 Å². The highest BCUT2D eigenvalue weighted by Crippen LogP contribution is 1.92. The Kier molecular flexibility index (Phi) is 3.24. The third-order valence-corrected chi connectivity index (χ3v) is 1.51. The van der Waals surface area contributed by atoms with E-state index >= 15 is 0 Å². The van der Waals surface area contributed by atoms with Crippen LogP contribution in [-0.2, 0) is 6.54 Å². The normalized spacial score (nSPS) is 12.0. The summed E-state index contributed by atoms with van der Waals surface area (Å²) in [4.78, 5) is 4.11. The molecule has 1 aromatic heterocycles. The van der Waals surface area contributed by atoms with Crippen molar-refractivity contribution in [2.45, 2.75) is 19.5 Å². The molecule has 0 bridgehead atoms. The lowest BCUT2D eigenvalue weighted by molar-refractivity contribution is 0.632. The second-order valence-corrected chi connectivity index (χ2v) is 2.55. The van der Waals surface area contributed by atoms with Gasteiger partial charge < -0.3 is 0 Å². The highest BCUT2D eigenvalue weighted by atomic mass is 14.9. The van der Waals surface area contributed by atoms with E-state index in [1.807, 2.05) is 25.1 Å². The van der Waals surface area contributed by atoms with Crippen LogP contribution in [0, 0.1) is 11.3 Å². The van der Waals surface area contributed by atoms with Gasteiger partial charge in [0, 0.05) is 12.7 Å². The summed E-state index contributed by atoms with van der Waals surface area (Å²) in [5.41, 5.74) is 0.958. The number of pyridine rings is 1. The molecule has 0 amide bonds. The van der Waals surface area contributed by atoms with Gasteiger partial charge in [-0.1, -0.05) is 6.07 Å². The number of nitrogens with zero attached hydrogens (tertiary/aromatic N) is 2. The van der Waals surface area contributed by atoms with Gasteiger partial charge in [-0.3, -0.25) is 10.3 Å². The fourth-order valence-electron chi connectivity index (χ4n) is 0.806. The quantitative estimate of drug-likeness (QED) is 0.721. The summed E-state index contributed by atoms with van der Waals surface area (Å²) in [7, 11) is 0. The van der Waals surface area contributed by atoms with E-state index in [0.29, 0.717) is 6.54 Å². The topological polar surface area (TPSA) is 48.7 Å². The van der Waals surface area contributed by atoms with Crippen molar-refractivity contribution in [1.29, 1.82) is 5.26 Å². The molecule has 0 aliphatic carbocycles. The van der Waals surface area contributed by atoms with E-state index < -0.39 is 0 Å². The molecule has 0 aliphatic rings. The molecule has 0 saturated carbocycles. The van der Waals surface area contributed by atoms with E-state index in [2.05, 4.69) is 16.4 Å². The Morgan fingerprint density at radius 3 is 3.08 bits per heavy atom. The van der Waals surface area contributed by atoms with Crippen LogP contribution in [0.2, 0.25) is 0 Å². The lowest BCUT2D eigenvalue weighted by Crippen LogP contribution is -2.23. The molecule has 1 atom stereocenters. The van der Waals surface area contributed by atoms with Gasteiger partial charge in [-0.05, 0) is 19.1 Å². The van der Waals surface area contributed by atoms with E-state index in [9.17, 15) is 0 Å². The van der Waals surface area contributed by atoms with Crippen LogP contribution in [0.4, 0.5) is 0 Å². The van der Waals surface area contributed by atoms with Crippen molar-refractivity contribution in [3.63, 3.8) is 0 Å². The Morgan fingerprint density at radius 1 is 1.67 bits per heavy atom. The molecule has 0 saturated heterocycles. The van der Waals surface area contributed by atoms with Crippen molar-refractivity contribution in [1.82, 2.24) is 10.3 Å². The van der Waals surface area contributed by atoms with Crippen LogP contribution < -0.4 is 5.32 Å². The average Bonchev–Trinajstić information content (AvgIpc) is 2.16. The largest absolute Gasteiger partial charge is 0.296 e. The Labute approximate surface area is 72.1 Å². The average molecular weight is 161 g/mol. The first-order valence-electron chi connectivity index (χ1n) is 3.86. The molecule has 1 heterocycles. The molecule has 3 heteroatoms. The first-order valence-corrected chi connectivity index (χ1v) is 3.86. The summed E-state index contributed by atoms with van der Waals surface area (Å²) in [6.45, 7) is 2.47. The van der Waals surface area contributed by atoms with Crippen molar-refractivity contribution in [3.8, 4) is 6.07 Å². The molecule has 1 N–H and O–H groups in total. The first-order chi connectivity index (χ1) is 5.83. The monoisotopic (exact) mass is 161 g/mol. The summed E-state index contributed by atoms with van der Waals surface area (Å²) >= 11 is 0. The van der Waals surface area contributed by atoms with Crippen molar-refractivity contribution >= 4 is 0 Å². The zero-order valence-corrected chi connectivity index (χ0v) is 6.99. The molecule has 0 aliphatic heterocycles. The van der Waals surface area contributed by atoms with Gasteiger partial charge in [-0.25, -0.2) is 0 Å². The molecule has 62 valence electrons.